The molecule has 0 fully saturated rings. The van der Waals surface area contributed by atoms with Crippen LogP contribution in [0.4, 0.5) is 17.6 Å². The summed E-state index contributed by atoms with van der Waals surface area (Å²) in [5.74, 6) is -2.22. The van der Waals surface area contributed by atoms with E-state index in [-0.39, 0.29) is 0 Å². The van der Waals surface area contributed by atoms with E-state index in [0.717, 1.165) is 0 Å². The fourth-order valence-corrected chi connectivity index (χ4v) is 0.647. The average Bonchev–Trinajstić information content (AvgIpc) is 1.85. The van der Waals surface area contributed by atoms with Gasteiger partial charge < -0.3 is 0 Å². The molecular weight excluding hydrogens is 160 g/mol. The molecule has 0 aliphatic carbocycles. The molecule has 0 spiro atoms. The molecule has 0 atom stereocenters. The van der Waals surface area contributed by atoms with Crippen molar-refractivity contribution in [1.82, 2.24) is 0 Å². The second kappa shape index (κ2) is 2.90. The van der Waals surface area contributed by atoms with Gasteiger partial charge in [-0.1, -0.05) is 0 Å². The molecule has 0 saturated heterocycles. The second-order valence-electron chi connectivity index (χ2n) is 1.91. The highest BCUT2D eigenvalue weighted by Crippen LogP contribution is 2.19. The van der Waals surface area contributed by atoms with Gasteiger partial charge >= 0.3 is 0 Å². The minimum atomic E-state index is -2.85. The van der Waals surface area contributed by atoms with Gasteiger partial charge in [0.1, 0.15) is 11.6 Å². The molecule has 4 heteroatoms. The van der Waals surface area contributed by atoms with E-state index in [1.165, 1.54) is 0 Å². The van der Waals surface area contributed by atoms with Crippen LogP contribution >= 0.6 is 0 Å². The molecule has 0 bridgehead atoms. The summed E-state index contributed by atoms with van der Waals surface area (Å²) >= 11 is 0. The molecule has 1 radical (unpaired) electrons. The molecule has 0 aliphatic rings. The molecule has 0 heterocycles. The number of hydrogen-bond donors (Lipinski definition) is 0. The normalized spacial score (nSPS) is 10.6. The van der Waals surface area contributed by atoms with Crippen LogP contribution in [-0.2, 0) is 0 Å². The molecule has 1 aromatic rings. The summed E-state index contributed by atoms with van der Waals surface area (Å²) in [6.07, 6.45) is -2.85. The van der Waals surface area contributed by atoms with Gasteiger partial charge in [-0.15, -0.1) is 0 Å². The van der Waals surface area contributed by atoms with E-state index in [9.17, 15) is 17.6 Å². The first-order valence-electron chi connectivity index (χ1n) is 2.76. The van der Waals surface area contributed by atoms with Gasteiger partial charge in [-0.3, -0.25) is 0 Å². The predicted octanol–water partition coefficient (Wildman–Crippen LogP) is 2.70. The topological polar surface area (TPSA) is 0 Å². The van der Waals surface area contributed by atoms with E-state index in [2.05, 4.69) is 0 Å². The Morgan fingerprint density at radius 3 is 1.91 bits per heavy atom. The fourth-order valence-electron chi connectivity index (χ4n) is 0.647. The lowest BCUT2D eigenvalue weighted by atomic mass is 10.2. The van der Waals surface area contributed by atoms with Crippen LogP contribution in [0, 0.1) is 17.7 Å². The smallest absolute Gasteiger partial charge is 0.206 e. The zero-order valence-corrected chi connectivity index (χ0v) is 5.24. The predicted molar refractivity (Wildman–Crippen MR) is 30.2 cm³/mol. The number of halogens is 4. The van der Waals surface area contributed by atoms with Crippen LogP contribution in [0.25, 0.3) is 0 Å². The van der Waals surface area contributed by atoms with E-state index in [1.54, 1.807) is 6.07 Å². The standard InChI is InChI=1S/C7H3F4/c8-5-1-4(7(10)11)2-6(9)3-5/h1-2,7H. The van der Waals surface area contributed by atoms with Crippen LogP contribution in [0.2, 0.25) is 0 Å². The highest BCUT2D eigenvalue weighted by atomic mass is 19.3. The lowest BCUT2D eigenvalue weighted by Crippen LogP contribution is -1.88. The van der Waals surface area contributed by atoms with Crippen molar-refractivity contribution in [2.75, 3.05) is 0 Å². The van der Waals surface area contributed by atoms with Crippen molar-refractivity contribution in [2.24, 2.45) is 0 Å². The fraction of sp³-hybridized carbons (Fsp3) is 0.143. The van der Waals surface area contributed by atoms with Crippen molar-refractivity contribution >= 4 is 0 Å². The van der Waals surface area contributed by atoms with Crippen LogP contribution in [0.1, 0.15) is 12.0 Å². The van der Waals surface area contributed by atoms with Gasteiger partial charge in [-0.2, -0.15) is 0 Å². The maximum Gasteiger partial charge on any atom is 0.264 e. The van der Waals surface area contributed by atoms with Crippen LogP contribution < -0.4 is 0 Å². The number of hydrogen-bond acceptors (Lipinski definition) is 0. The minimum Gasteiger partial charge on any atom is -0.206 e. The summed E-state index contributed by atoms with van der Waals surface area (Å²) in [6.45, 7) is 0. The molecule has 0 aromatic heterocycles. The minimum absolute atomic E-state index is 0.549. The summed E-state index contributed by atoms with van der Waals surface area (Å²) in [6, 6.07) is 2.70. The Bertz CT molecular complexity index is 236. The average molecular weight is 163 g/mol. The number of rotatable bonds is 1. The molecule has 0 amide bonds. The first kappa shape index (κ1) is 8.04. The zero-order chi connectivity index (χ0) is 8.43. The zero-order valence-electron chi connectivity index (χ0n) is 5.24. The molecule has 11 heavy (non-hydrogen) atoms. The van der Waals surface area contributed by atoms with E-state index in [1.807, 2.05) is 0 Å². The highest BCUT2D eigenvalue weighted by molar-refractivity contribution is 5.17. The summed E-state index contributed by atoms with van der Waals surface area (Å²) in [5, 5.41) is 0. The molecule has 0 N–H and O–H groups in total. The highest BCUT2D eigenvalue weighted by Gasteiger charge is 2.09. The first-order chi connectivity index (χ1) is 5.09. The van der Waals surface area contributed by atoms with Gasteiger partial charge in [-0.25, -0.2) is 17.6 Å². The van der Waals surface area contributed by atoms with Crippen LogP contribution in [0.3, 0.4) is 0 Å². The second-order valence-corrected chi connectivity index (χ2v) is 1.91. The largest absolute Gasteiger partial charge is 0.264 e. The Balaban J connectivity index is 3.08. The lowest BCUT2D eigenvalue weighted by Gasteiger charge is -1.98. The number of alkyl halides is 2. The Morgan fingerprint density at radius 1 is 1.09 bits per heavy atom. The molecule has 0 aliphatic heterocycles. The molecule has 1 rings (SSSR count). The van der Waals surface area contributed by atoms with Crippen molar-refractivity contribution in [3.8, 4) is 0 Å². The van der Waals surface area contributed by atoms with Crippen molar-refractivity contribution in [3.05, 3.63) is 35.4 Å². The van der Waals surface area contributed by atoms with Crippen LogP contribution in [0.5, 0.6) is 0 Å². The summed E-state index contributed by atoms with van der Waals surface area (Å²) in [5.41, 5.74) is -0.668. The molecule has 0 unspecified atom stereocenters. The van der Waals surface area contributed by atoms with Crippen LogP contribution in [-0.4, -0.2) is 0 Å². The Kier molecular flexibility index (Phi) is 2.12. The van der Waals surface area contributed by atoms with Crippen molar-refractivity contribution in [1.29, 1.82) is 0 Å². The van der Waals surface area contributed by atoms with Gasteiger partial charge in [0.2, 0.25) is 0 Å². The summed E-state index contributed by atoms with van der Waals surface area (Å²) in [7, 11) is 0. The summed E-state index contributed by atoms with van der Waals surface area (Å²) < 4.78 is 47.9. The van der Waals surface area contributed by atoms with E-state index >= 15 is 0 Å². The van der Waals surface area contributed by atoms with Gasteiger partial charge in [0.25, 0.3) is 6.43 Å². The molecule has 1 aromatic carbocycles. The third-order valence-corrected chi connectivity index (χ3v) is 1.08. The Labute approximate surface area is 60.5 Å². The van der Waals surface area contributed by atoms with Gasteiger partial charge in [0.15, 0.2) is 0 Å². The van der Waals surface area contributed by atoms with Crippen molar-refractivity contribution in [2.45, 2.75) is 6.43 Å². The molecular formula is C7H3F4. The third kappa shape index (κ3) is 1.93. The van der Waals surface area contributed by atoms with Gasteiger partial charge in [0.05, 0.1) is 6.07 Å². The maximum absolute atomic E-state index is 12.2. The Hall–Kier alpha value is -1.06. The lowest BCUT2D eigenvalue weighted by molar-refractivity contribution is 0.150. The molecule has 0 nitrogen and oxygen atoms in total. The Morgan fingerprint density at radius 2 is 1.55 bits per heavy atom. The van der Waals surface area contributed by atoms with E-state index < -0.39 is 23.6 Å². The molecule has 0 saturated carbocycles. The van der Waals surface area contributed by atoms with Crippen molar-refractivity contribution in [3.63, 3.8) is 0 Å². The quantitative estimate of drug-likeness (QED) is 0.558. The number of benzene rings is 1. The van der Waals surface area contributed by atoms with Gasteiger partial charge in [-0.05, 0) is 12.1 Å². The third-order valence-electron chi connectivity index (χ3n) is 1.08. The first-order valence-corrected chi connectivity index (χ1v) is 2.76. The van der Waals surface area contributed by atoms with Crippen molar-refractivity contribution < 1.29 is 17.6 Å². The van der Waals surface area contributed by atoms with E-state index in [4.69, 9.17) is 0 Å². The van der Waals surface area contributed by atoms with Crippen LogP contribution in [0.15, 0.2) is 12.1 Å². The summed E-state index contributed by atoms with van der Waals surface area (Å²) in [4.78, 5) is 0. The van der Waals surface area contributed by atoms with Gasteiger partial charge in [0, 0.05) is 5.56 Å². The van der Waals surface area contributed by atoms with E-state index in [0.29, 0.717) is 12.1 Å². The molecule has 59 valence electrons. The maximum atomic E-state index is 12.2. The SMILES string of the molecule is Fc1[c]c(F)cc(C(F)F)c1. The monoisotopic (exact) mass is 163 g/mol.